The standard InChI is InChI=1S/C14H14N4O5/c1-3-11-5-7-14(23-11)9(2)15-16-12-6-4-10(17(19)20)8-13(12)18(21)22/h4-8,16H,3H2,1-2H3/b15-9+. The van der Waals surface area contributed by atoms with E-state index in [0.29, 0.717) is 11.5 Å². The van der Waals surface area contributed by atoms with Crippen LogP contribution in [0.3, 0.4) is 0 Å². The fourth-order valence-electron chi connectivity index (χ4n) is 1.84. The summed E-state index contributed by atoms with van der Waals surface area (Å²) in [5.41, 5.74) is 2.32. The van der Waals surface area contributed by atoms with Crippen molar-refractivity contribution in [2.75, 3.05) is 5.43 Å². The summed E-state index contributed by atoms with van der Waals surface area (Å²) in [6.45, 7) is 3.63. The molecule has 0 bridgehead atoms. The van der Waals surface area contributed by atoms with Crippen LogP contribution in [0.2, 0.25) is 0 Å². The zero-order valence-electron chi connectivity index (χ0n) is 12.5. The minimum absolute atomic E-state index is 0.0576. The molecule has 23 heavy (non-hydrogen) atoms. The number of non-ortho nitro benzene ring substituents is 1. The second-order valence-electron chi connectivity index (χ2n) is 4.64. The topological polar surface area (TPSA) is 124 Å². The first-order valence-corrected chi connectivity index (χ1v) is 6.74. The van der Waals surface area contributed by atoms with Crippen LogP contribution in [0.5, 0.6) is 0 Å². The Balaban J connectivity index is 2.26. The Labute approximate surface area is 130 Å². The third-order valence-electron chi connectivity index (χ3n) is 3.10. The van der Waals surface area contributed by atoms with Gasteiger partial charge in [0.2, 0.25) is 0 Å². The van der Waals surface area contributed by atoms with Crippen LogP contribution in [0.1, 0.15) is 25.4 Å². The molecule has 9 nitrogen and oxygen atoms in total. The number of hydrazone groups is 1. The molecule has 120 valence electrons. The van der Waals surface area contributed by atoms with Crippen LogP contribution < -0.4 is 5.43 Å². The predicted molar refractivity (Wildman–Crippen MR) is 83.7 cm³/mol. The number of rotatable bonds is 6. The summed E-state index contributed by atoms with van der Waals surface area (Å²) in [6.07, 6.45) is 0.745. The summed E-state index contributed by atoms with van der Waals surface area (Å²) in [6, 6.07) is 6.87. The SMILES string of the molecule is CCc1ccc(/C(C)=N/Nc2ccc([N+](=O)[O-])cc2[N+](=O)[O-])o1. The zero-order valence-corrected chi connectivity index (χ0v) is 12.5. The van der Waals surface area contributed by atoms with Crippen molar-refractivity contribution in [3.05, 3.63) is 62.1 Å². The molecule has 0 spiro atoms. The highest BCUT2D eigenvalue weighted by Gasteiger charge is 2.19. The molecule has 2 aromatic rings. The van der Waals surface area contributed by atoms with Gasteiger partial charge < -0.3 is 4.42 Å². The van der Waals surface area contributed by atoms with Gasteiger partial charge in [0.05, 0.1) is 15.9 Å². The lowest BCUT2D eigenvalue weighted by atomic mass is 10.2. The van der Waals surface area contributed by atoms with Crippen LogP contribution in [0, 0.1) is 20.2 Å². The molecular formula is C14H14N4O5. The van der Waals surface area contributed by atoms with Gasteiger partial charge in [-0.1, -0.05) is 6.92 Å². The lowest BCUT2D eigenvalue weighted by Gasteiger charge is -2.03. The Hall–Kier alpha value is -3.23. The van der Waals surface area contributed by atoms with Crippen molar-refractivity contribution in [2.45, 2.75) is 20.3 Å². The van der Waals surface area contributed by atoms with Gasteiger partial charge in [-0.3, -0.25) is 25.7 Å². The quantitative estimate of drug-likeness (QED) is 0.494. The summed E-state index contributed by atoms with van der Waals surface area (Å²) in [4.78, 5) is 20.3. The fourth-order valence-corrected chi connectivity index (χ4v) is 1.84. The molecule has 0 amide bonds. The third kappa shape index (κ3) is 3.70. The lowest BCUT2D eigenvalue weighted by Crippen LogP contribution is -2.01. The van der Waals surface area contributed by atoms with Gasteiger partial charge in [-0.05, 0) is 25.1 Å². The van der Waals surface area contributed by atoms with Gasteiger partial charge in [0.1, 0.15) is 22.9 Å². The molecular weight excluding hydrogens is 304 g/mol. The van der Waals surface area contributed by atoms with E-state index in [4.69, 9.17) is 4.42 Å². The van der Waals surface area contributed by atoms with Gasteiger partial charge in [-0.25, -0.2) is 0 Å². The molecule has 1 aromatic carbocycles. The van der Waals surface area contributed by atoms with E-state index in [0.717, 1.165) is 18.2 Å². The molecule has 2 rings (SSSR count). The molecule has 0 radical (unpaired) electrons. The molecule has 0 saturated carbocycles. The maximum Gasteiger partial charge on any atom is 0.301 e. The molecule has 0 fully saturated rings. The highest BCUT2D eigenvalue weighted by molar-refractivity contribution is 5.96. The molecule has 0 aliphatic rings. The Morgan fingerprint density at radius 3 is 2.52 bits per heavy atom. The number of hydrogen-bond acceptors (Lipinski definition) is 7. The van der Waals surface area contributed by atoms with Gasteiger partial charge in [0.15, 0.2) is 0 Å². The largest absolute Gasteiger partial charge is 0.460 e. The first-order chi connectivity index (χ1) is 10.9. The first kappa shape index (κ1) is 16.1. The van der Waals surface area contributed by atoms with E-state index in [1.54, 1.807) is 13.0 Å². The maximum absolute atomic E-state index is 11.0. The molecule has 0 unspecified atom stereocenters. The van der Waals surface area contributed by atoms with E-state index in [1.807, 2.05) is 13.0 Å². The summed E-state index contributed by atoms with van der Waals surface area (Å²) in [5.74, 6) is 1.34. The van der Waals surface area contributed by atoms with Crippen molar-refractivity contribution < 1.29 is 14.3 Å². The fraction of sp³-hybridized carbons (Fsp3) is 0.214. The Bertz CT molecular complexity index is 781. The van der Waals surface area contributed by atoms with E-state index in [-0.39, 0.29) is 11.4 Å². The van der Waals surface area contributed by atoms with Crippen LogP contribution in [0.25, 0.3) is 0 Å². The Morgan fingerprint density at radius 1 is 1.22 bits per heavy atom. The monoisotopic (exact) mass is 318 g/mol. The van der Waals surface area contributed by atoms with Crippen molar-refractivity contribution in [1.29, 1.82) is 0 Å². The number of nitro groups is 2. The van der Waals surface area contributed by atoms with E-state index < -0.39 is 15.5 Å². The molecule has 9 heteroatoms. The van der Waals surface area contributed by atoms with E-state index in [2.05, 4.69) is 10.5 Å². The highest BCUT2D eigenvalue weighted by atomic mass is 16.6. The lowest BCUT2D eigenvalue weighted by molar-refractivity contribution is -0.393. The van der Waals surface area contributed by atoms with Gasteiger partial charge in [0.25, 0.3) is 5.69 Å². The smallest absolute Gasteiger partial charge is 0.301 e. The van der Waals surface area contributed by atoms with Crippen LogP contribution in [-0.2, 0) is 6.42 Å². The first-order valence-electron chi connectivity index (χ1n) is 6.74. The van der Waals surface area contributed by atoms with E-state index in [9.17, 15) is 20.2 Å². The number of nitrogens with one attached hydrogen (secondary N) is 1. The average Bonchev–Trinajstić information content (AvgIpc) is 3.01. The average molecular weight is 318 g/mol. The number of anilines is 1. The molecule has 0 aliphatic carbocycles. The minimum atomic E-state index is -0.706. The van der Waals surface area contributed by atoms with Crippen molar-refractivity contribution in [3.8, 4) is 0 Å². The minimum Gasteiger partial charge on any atom is -0.460 e. The molecule has 0 saturated heterocycles. The van der Waals surface area contributed by atoms with Crippen LogP contribution in [0.4, 0.5) is 17.1 Å². The number of nitro benzene ring substituents is 2. The predicted octanol–water partition coefficient (Wildman–Crippen LogP) is 3.49. The number of furan rings is 1. The second kappa shape index (κ2) is 6.69. The number of aryl methyl sites for hydroxylation is 1. The Morgan fingerprint density at radius 2 is 1.96 bits per heavy atom. The summed E-state index contributed by atoms with van der Waals surface area (Å²) in [5, 5.41) is 25.7. The molecule has 0 aliphatic heterocycles. The van der Waals surface area contributed by atoms with Gasteiger partial charge in [-0.15, -0.1) is 0 Å². The van der Waals surface area contributed by atoms with Gasteiger partial charge >= 0.3 is 5.69 Å². The number of nitrogens with zero attached hydrogens (tertiary/aromatic N) is 3. The third-order valence-corrected chi connectivity index (χ3v) is 3.10. The van der Waals surface area contributed by atoms with Crippen molar-refractivity contribution in [1.82, 2.24) is 0 Å². The van der Waals surface area contributed by atoms with E-state index in [1.165, 1.54) is 12.1 Å². The van der Waals surface area contributed by atoms with Crippen LogP contribution in [0.15, 0.2) is 39.9 Å². The summed E-state index contributed by atoms with van der Waals surface area (Å²) in [7, 11) is 0. The van der Waals surface area contributed by atoms with Crippen molar-refractivity contribution in [3.63, 3.8) is 0 Å². The van der Waals surface area contributed by atoms with E-state index >= 15 is 0 Å². The zero-order chi connectivity index (χ0) is 17.0. The number of benzene rings is 1. The molecule has 1 N–H and O–H groups in total. The van der Waals surface area contributed by atoms with Gasteiger partial charge in [0, 0.05) is 12.5 Å². The van der Waals surface area contributed by atoms with Crippen LogP contribution in [-0.4, -0.2) is 15.6 Å². The summed E-state index contributed by atoms with van der Waals surface area (Å²) >= 11 is 0. The molecule has 0 atom stereocenters. The normalized spacial score (nSPS) is 11.3. The highest BCUT2D eigenvalue weighted by Crippen LogP contribution is 2.29. The van der Waals surface area contributed by atoms with Crippen molar-refractivity contribution in [2.24, 2.45) is 5.10 Å². The Kier molecular flexibility index (Phi) is 4.69. The van der Waals surface area contributed by atoms with Gasteiger partial charge in [-0.2, -0.15) is 5.10 Å². The molecule has 1 heterocycles. The van der Waals surface area contributed by atoms with Crippen LogP contribution >= 0.6 is 0 Å². The number of hydrogen-bond donors (Lipinski definition) is 1. The van der Waals surface area contributed by atoms with Crippen molar-refractivity contribution >= 4 is 22.8 Å². The maximum atomic E-state index is 11.0. The second-order valence-corrected chi connectivity index (χ2v) is 4.64. The molecule has 1 aromatic heterocycles. The summed E-state index contributed by atoms with van der Waals surface area (Å²) < 4.78 is 5.52.